The Morgan fingerprint density at radius 2 is 1.90 bits per heavy atom. The predicted octanol–water partition coefficient (Wildman–Crippen LogP) is 6.03. The highest BCUT2D eigenvalue weighted by atomic mass is 19.4. The number of fused-ring (bicyclic) bond motifs is 1. The van der Waals surface area contributed by atoms with E-state index in [4.69, 9.17) is 9.47 Å². The first-order valence-electron chi connectivity index (χ1n) is 10.4. The van der Waals surface area contributed by atoms with Gasteiger partial charge in [-0.15, -0.1) is 0 Å². The number of carbonyl (C=O) groups excluding carboxylic acids is 1. The highest BCUT2D eigenvalue weighted by Crippen LogP contribution is 2.32. The van der Waals surface area contributed by atoms with Gasteiger partial charge in [-0.1, -0.05) is 49.7 Å². The second-order valence-electron chi connectivity index (χ2n) is 7.75. The van der Waals surface area contributed by atoms with Crippen molar-refractivity contribution in [1.29, 1.82) is 0 Å². The molecule has 1 aliphatic rings. The van der Waals surface area contributed by atoms with Crippen LogP contribution in [0.3, 0.4) is 0 Å². The summed E-state index contributed by atoms with van der Waals surface area (Å²) in [5.41, 5.74) is 3.11. The quantitative estimate of drug-likeness (QED) is 0.489. The van der Waals surface area contributed by atoms with Crippen LogP contribution in [0.4, 0.5) is 13.2 Å². The first-order chi connectivity index (χ1) is 14.4. The van der Waals surface area contributed by atoms with Gasteiger partial charge in [0.25, 0.3) is 0 Å². The molecule has 0 saturated carbocycles. The molecule has 3 rings (SSSR count). The Morgan fingerprint density at radius 1 is 1.13 bits per heavy atom. The molecule has 0 N–H and O–H groups in total. The molecule has 0 radical (unpaired) electrons. The van der Waals surface area contributed by atoms with E-state index in [1.54, 1.807) is 0 Å². The summed E-state index contributed by atoms with van der Waals surface area (Å²) in [6, 6.07) is 15.5. The summed E-state index contributed by atoms with van der Waals surface area (Å²) >= 11 is 0. The van der Waals surface area contributed by atoms with Crippen LogP contribution in [0.2, 0.25) is 0 Å². The van der Waals surface area contributed by atoms with Gasteiger partial charge in [-0.2, -0.15) is 13.2 Å². The summed E-state index contributed by atoms with van der Waals surface area (Å²) in [6.45, 7) is 2.27. The Morgan fingerprint density at radius 3 is 2.60 bits per heavy atom. The number of carbonyl (C=O) groups is 1. The SMILES string of the molecule is CCCC[C@@H](OC(=O)C1CCc2cc(OCc3ccccc3)ccc2C1)C(F)(F)F. The zero-order valence-corrected chi connectivity index (χ0v) is 17.1. The molecule has 6 heteroatoms. The van der Waals surface area contributed by atoms with Gasteiger partial charge in [0.05, 0.1) is 5.92 Å². The monoisotopic (exact) mass is 420 g/mol. The number of halogens is 3. The van der Waals surface area contributed by atoms with Crippen LogP contribution in [0.1, 0.15) is 49.3 Å². The van der Waals surface area contributed by atoms with Crippen molar-refractivity contribution in [2.75, 3.05) is 0 Å². The largest absolute Gasteiger partial charge is 0.489 e. The molecule has 0 aliphatic heterocycles. The van der Waals surface area contributed by atoms with Crippen LogP contribution in [0, 0.1) is 5.92 Å². The summed E-state index contributed by atoms with van der Waals surface area (Å²) in [6.07, 6.45) is -4.24. The van der Waals surface area contributed by atoms with Crippen molar-refractivity contribution in [1.82, 2.24) is 0 Å². The molecule has 0 spiro atoms. The average Bonchev–Trinajstić information content (AvgIpc) is 2.74. The number of esters is 1. The number of unbranched alkanes of at least 4 members (excludes halogenated alkanes) is 1. The molecule has 0 bridgehead atoms. The molecule has 2 atom stereocenters. The van der Waals surface area contributed by atoms with E-state index in [1.807, 2.05) is 55.5 Å². The number of benzene rings is 2. The standard InChI is InChI=1S/C24H27F3O3/c1-2-3-9-22(24(25,26)27)30-23(28)20-11-10-19-15-21(13-12-18(19)14-20)29-16-17-7-5-4-6-8-17/h4-8,12-13,15,20,22H,2-3,9-11,14,16H2,1H3/t20?,22-/m1/s1. The molecule has 162 valence electrons. The van der Waals surface area contributed by atoms with Crippen molar-refractivity contribution in [3.05, 3.63) is 65.2 Å². The number of alkyl halides is 3. The third-order valence-corrected chi connectivity index (χ3v) is 5.43. The van der Waals surface area contributed by atoms with Crippen LogP contribution in [-0.4, -0.2) is 18.2 Å². The van der Waals surface area contributed by atoms with Gasteiger partial charge in [0.1, 0.15) is 12.4 Å². The second kappa shape index (κ2) is 10.0. The van der Waals surface area contributed by atoms with E-state index in [-0.39, 0.29) is 6.42 Å². The zero-order chi connectivity index (χ0) is 21.6. The maximum absolute atomic E-state index is 13.2. The minimum atomic E-state index is -4.53. The minimum Gasteiger partial charge on any atom is -0.489 e. The molecular weight excluding hydrogens is 393 g/mol. The third-order valence-electron chi connectivity index (χ3n) is 5.43. The minimum absolute atomic E-state index is 0.183. The van der Waals surface area contributed by atoms with Crippen molar-refractivity contribution in [2.24, 2.45) is 5.92 Å². The summed E-state index contributed by atoms with van der Waals surface area (Å²) in [7, 11) is 0. The van der Waals surface area contributed by atoms with E-state index in [0.29, 0.717) is 38.7 Å². The maximum atomic E-state index is 13.2. The summed E-state index contributed by atoms with van der Waals surface area (Å²) in [4.78, 5) is 12.4. The number of hydrogen-bond donors (Lipinski definition) is 0. The Balaban J connectivity index is 1.59. The maximum Gasteiger partial charge on any atom is 0.425 e. The lowest BCUT2D eigenvalue weighted by Gasteiger charge is -2.27. The van der Waals surface area contributed by atoms with Gasteiger partial charge in [-0.3, -0.25) is 4.79 Å². The molecule has 1 aliphatic carbocycles. The van der Waals surface area contributed by atoms with Gasteiger partial charge in [-0.05, 0) is 60.9 Å². The molecule has 0 saturated heterocycles. The number of hydrogen-bond acceptors (Lipinski definition) is 3. The fraction of sp³-hybridized carbons (Fsp3) is 0.458. The molecule has 30 heavy (non-hydrogen) atoms. The lowest BCUT2D eigenvalue weighted by molar-refractivity contribution is -0.225. The summed E-state index contributed by atoms with van der Waals surface area (Å²) < 4.78 is 50.2. The van der Waals surface area contributed by atoms with E-state index in [9.17, 15) is 18.0 Å². The van der Waals surface area contributed by atoms with E-state index >= 15 is 0 Å². The second-order valence-corrected chi connectivity index (χ2v) is 7.75. The van der Waals surface area contributed by atoms with E-state index < -0.39 is 24.2 Å². The van der Waals surface area contributed by atoms with Crippen molar-refractivity contribution >= 4 is 5.97 Å². The van der Waals surface area contributed by atoms with Gasteiger partial charge in [0.15, 0.2) is 6.10 Å². The molecule has 0 amide bonds. The number of aryl methyl sites for hydroxylation is 1. The molecule has 2 aromatic carbocycles. The van der Waals surface area contributed by atoms with E-state index in [0.717, 1.165) is 22.4 Å². The molecule has 0 fully saturated rings. The zero-order valence-electron chi connectivity index (χ0n) is 17.1. The van der Waals surface area contributed by atoms with Gasteiger partial charge in [-0.25, -0.2) is 0 Å². The summed E-state index contributed by atoms with van der Waals surface area (Å²) in [5.74, 6) is -0.543. The molecular formula is C24H27F3O3. The third kappa shape index (κ3) is 6.00. The van der Waals surface area contributed by atoms with Crippen molar-refractivity contribution < 1.29 is 27.4 Å². The van der Waals surface area contributed by atoms with Crippen molar-refractivity contribution in [3.63, 3.8) is 0 Å². The average molecular weight is 420 g/mol. The molecule has 2 aromatic rings. The molecule has 3 nitrogen and oxygen atoms in total. The van der Waals surface area contributed by atoms with Crippen LogP contribution >= 0.6 is 0 Å². The van der Waals surface area contributed by atoms with Crippen molar-refractivity contribution in [3.8, 4) is 5.75 Å². The predicted molar refractivity (Wildman–Crippen MR) is 108 cm³/mol. The van der Waals surface area contributed by atoms with Gasteiger partial charge >= 0.3 is 12.1 Å². The van der Waals surface area contributed by atoms with Gasteiger partial charge in [0, 0.05) is 0 Å². The fourth-order valence-electron chi connectivity index (χ4n) is 3.68. The molecule has 0 heterocycles. The number of ether oxygens (including phenoxy) is 2. The van der Waals surface area contributed by atoms with Gasteiger partial charge in [0.2, 0.25) is 0 Å². The molecule has 0 aromatic heterocycles. The van der Waals surface area contributed by atoms with Crippen LogP contribution in [0.5, 0.6) is 5.75 Å². The molecule has 1 unspecified atom stereocenters. The van der Waals surface area contributed by atoms with Gasteiger partial charge < -0.3 is 9.47 Å². The lowest BCUT2D eigenvalue weighted by Crippen LogP contribution is -2.37. The normalized spacial score (nSPS) is 17.1. The highest BCUT2D eigenvalue weighted by Gasteiger charge is 2.43. The Labute approximate surface area is 175 Å². The lowest BCUT2D eigenvalue weighted by atomic mass is 9.84. The van der Waals surface area contributed by atoms with Crippen molar-refractivity contribution in [2.45, 2.75) is 64.3 Å². The van der Waals surface area contributed by atoms with Crippen LogP contribution in [0.15, 0.2) is 48.5 Å². The van der Waals surface area contributed by atoms with Crippen LogP contribution < -0.4 is 4.74 Å². The van der Waals surface area contributed by atoms with E-state index in [2.05, 4.69) is 0 Å². The smallest absolute Gasteiger partial charge is 0.425 e. The first-order valence-corrected chi connectivity index (χ1v) is 10.4. The number of rotatable bonds is 8. The van der Waals surface area contributed by atoms with E-state index in [1.165, 1.54) is 0 Å². The van der Waals surface area contributed by atoms with Crippen LogP contribution in [-0.2, 0) is 29.0 Å². The summed E-state index contributed by atoms with van der Waals surface area (Å²) in [5, 5.41) is 0. The topological polar surface area (TPSA) is 35.5 Å². The highest BCUT2D eigenvalue weighted by molar-refractivity contribution is 5.73. The first kappa shape index (κ1) is 22.2. The van der Waals surface area contributed by atoms with Crippen LogP contribution in [0.25, 0.3) is 0 Å². The Bertz CT molecular complexity index is 833. The Hall–Kier alpha value is -2.50. The fourth-order valence-corrected chi connectivity index (χ4v) is 3.68. The Kier molecular flexibility index (Phi) is 7.40.